The molecule has 0 aromatic carbocycles. The Kier molecular flexibility index (Phi) is 4.77. The van der Waals surface area contributed by atoms with Crippen LogP contribution in [-0.2, 0) is 9.53 Å². The first-order chi connectivity index (χ1) is 5.57. The Morgan fingerprint density at radius 1 is 1.50 bits per heavy atom. The third-order valence-corrected chi connectivity index (χ3v) is 1.29. The summed E-state index contributed by atoms with van der Waals surface area (Å²) < 4.78 is 4.81. The van der Waals surface area contributed by atoms with Gasteiger partial charge in [0.15, 0.2) is 0 Å². The summed E-state index contributed by atoms with van der Waals surface area (Å²) in [7, 11) is 0. The maximum atomic E-state index is 10.8. The van der Waals surface area contributed by atoms with Crippen molar-refractivity contribution >= 4 is 5.97 Å². The van der Waals surface area contributed by atoms with Crippen molar-refractivity contribution in [2.24, 2.45) is 0 Å². The van der Waals surface area contributed by atoms with Crippen LogP contribution in [0.4, 0.5) is 0 Å². The predicted molar refractivity (Wildman–Crippen MR) is 49.7 cm³/mol. The Morgan fingerprint density at radius 3 is 2.50 bits per heavy atom. The molecule has 0 aliphatic heterocycles. The van der Waals surface area contributed by atoms with Gasteiger partial charge < -0.3 is 4.74 Å². The monoisotopic (exact) mass is 166 g/mol. The van der Waals surface area contributed by atoms with Gasteiger partial charge in [0, 0.05) is 5.57 Å². The summed E-state index contributed by atoms with van der Waals surface area (Å²) in [4.78, 5) is 10.8. The number of hydrogen-bond donors (Lipinski definition) is 0. The molecule has 0 saturated carbocycles. The molecular weight excluding hydrogens is 152 g/mol. The van der Waals surface area contributed by atoms with Crippen molar-refractivity contribution in [1.29, 1.82) is 0 Å². The van der Waals surface area contributed by atoms with Crippen LogP contribution in [0.3, 0.4) is 0 Å². The van der Waals surface area contributed by atoms with Crippen LogP contribution in [-0.4, -0.2) is 12.6 Å². The van der Waals surface area contributed by atoms with Gasteiger partial charge in [-0.05, 0) is 19.9 Å². The third-order valence-electron chi connectivity index (χ3n) is 1.29. The largest absolute Gasteiger partial charge is 0.458 e. The van der Waals surface area contributed by atoms with Gasteiger partial charge in [-0.3, -0.25) is 0 Å². The second-order valence-corrected chi connectivity index (χ2v) is 2.53. The fourth-order valence-corrected chi connectivity index (χ4v) is 0.455. The fourth-order valence-electron chi connectivity index (χ4n) is 0.455. The number of carbonyl (C=O) groups is 1. The lowest BCUT2D eigenvalue weighted by molar-refractivity contribution is -0.137. The van der Waals surface area contributed by atoms with Crippen LogP contribution in [0.15, 0.2) is 36.5 Å². The normalized spacial score (nSPS) is 10.7. The number of ether oxygens (including phenoxy) is 1. The van der Waals surface area contributed by atoms with E-state index in [1.807, 2.05) is 6.92 Å². The molecule has 0 aromatic heterocycles. The van der Waals surface area contributed by atoms with E-state index in [9.17, 15) is 4.79 Å². The van der Waals surface area contributed by atoms with Crippen molar-refractivity contribution in [3.8, 4) is 0 Å². The van der Waals surface area contributed by atoms with Crippen LogP contribution < -0.4 is 0 Å². The lowest BCUT2D eigenvalue weighted by Crippen LogP contribution is -2.04. The molecule has 0 unspecified atom stereocenters. The van der Waals surface area contributed by atoms with Gasteiger partial charge >= 0.3 is 5.97 Å². The lowest BCUT2D eigenvalue weighted by Gasteiger charge is -1.99. The van der Waals surface area contributed by atoms with Gasteiger partial charge in [0.05, 0.1) is 0 Å². The smallest absolute Gasteiger partial charge is 0.333 e. The molecule has 0 saturated heterocycles. The molecule has 0 fully saturated rings. The van der Waals surface area contributed by atoms with Gasteiger partial charge in [-0.1, -0.05) is 24.8 Å². The van der Waals surface area contributed by atoms with Gasteiger partial charge in [0.25, 0.3) is 0 Å². The lowest BCUT2D eigenvalue weighted by atomic mass is 10.3. The van der Waals surface area contributed by atoms with Crippen LogP contribution in [0.25, 0.3) is 0 Å². The Hall–Kier alpha value is -1.31. The molecule has 0 N–H and O–H groups in total. The van der Waals surface area contributed by atoms with Crippen molar-refractivity contribution in [1.82, 2.24) is 0 Å². The van der Waals surface area contributed by atoms with E-state index >= 15 is 0 Å². The first-order valence-corrected chi connectivity index (χ1v) is 3.69. The van der Waals surface area contributed by atoms with Crippen molar-refractivity contribution < 1.29 is 9.53 Å². The molecule has 0 radical (unpaired) electrons. The molecule has 0 rings (SSSR count). The van der Waals surface area contributed by atoms with Crippen molar-refractivity contribution in [3.63, 3.8) is 0 Å². The maximum Gasteiger partial charge on any atom is 0.333 e. The standard InChI is InChI=1S/C10H14O2/c1-5-9(4)6-7-12-10(11)8(2)3/h5-6H,1-2,7H2,3-4H3. The topological polar surface area (TPSA) is 26.3 Å². The molecule has 2 heteroatoms. The van der Waals surface area contributed by atoms with Gasteiger partial charge in [0.2, 0.25) is 0 Å². The van der Waals surface area contributed by atoms with E-state index < -0.39 is 0 Å². The third kappa shape index (κ3) is 4.50. The molecule has 0 amide bonds. The predicted octanol–water partition coefficient (Wildman–Crippen LogP) is 2.24. The van der Waals surface area contributed by atoms with Gasteiger partial charge in [0.1, 0.15) is 6.61 Å². The van der Waals surface area contributed by atoms with E-state index in [1.165, 1.54) is 0 Å². The molecule has 0 aliphatic rings. The zero-order chi connectivity index (χ0) is 9.56. The van der Waals surface area contributed by atoms with Crippen molar-refractivity contribution in [2.75, 3.05) is 6.61 Å². The molecule has 0 heterocycles. The molecular formula is C10H14O2. The number of carbonyl (C=O) groups excluding carboxylic acids is 1. The molecule has 2 nitrogen and oxygen atoms in total. The van der Waals surface area contributed by atoms with Crippen LogP contribution >= 0.6 is 0 Å². The highest BCUT2D eigenvalue weighted by molar-refractivity contribution is 5.86. The fraction of sp³-hybridized carbons (Fsp3) is 0.300. The Labute approximate surface area is 73.2 Å². The van der Waals surface area contributed by atoms with E-state index in [2.05, 4.69) is 13.2 Å². The highest BCUT2D eigenvalue weighted by Gasteiger charge is 1.99. The molecule has 0 atom stereocenters. The maximum absolute atomic E-state index is 10.8. The summed E-state index contributed by atoms with van der Waals surface area (Å²) in [5, 5.41) is 0. The summed E-state index contributed by atoms with van der Waals surface area (Å²) in [5.74, 6) is -0.358. The SMILES string of the molecule is C=CC(C)=CCOC(=O)C(=C)C. The first-order valence-electron chi connectivity index (χ1n) is 3.69. The summed E-state index contributed by atoms with van der Waals surface area (Å²) >= 11 is 0. The molecule has 0 bridgehead atoms. The average molecular weight is 166 g/mol. The summed E-state index contributed by atoms with van der Waals surface area (Å²) in [6.45, 7) is 10.8. The molecule has 0 aromatic rings. The van der Waals surface area contributed by atoms with Gasteiger partial charge in [-0.25, -0.2) is 4.79 Å². The number of hydrogen-bond acceptors (Lipinski definition) is 2. The summed E-state index contributed by atoms with van der Waals surface area (Å²) in [6, 6.07) is 0. The van der Waals surface area contributed by atoms with Crippen LogP contribution in [0.5, 0.6) is 0 Å². The number of rotatable bonds is 4. The summed E-state index contributed by atoms with van der Waals surface area (Å²) in [6.07, 6.45) is 3.49. The van der Waals surface area contributed by atoms with E-state index in [1.54, 1.807) is 19.1 Å². The average Bonchev–Trinajstić information content (AvgIpc) is 2.03. The minimum Gasteiger partial charge on any atom is -0.458 e. The summed E-state index contributed by atoms with van der Waals surface area (Å²) in [5.41, 5.74) is 1.41. The zero-order valence-corrected chi connectivity index (χ0v) is 7.59. The Bertz CT molecular complexity index is 224. The van der Waals surface area contributed by atoms with Gasteiger partial charge in [-0.15, -0.1) is 0 Å². The highest BCUT2D eigenvalue weighted by atomic mass is 16.5. The van der Waals surface area contributed by atoms with Gasteiger partial charge in [-0.2, -0.15) is 0 Å². The molecule has 0 spiro atoms. The highest BCUT2D eigenvalue weighted by Crippen LogP contribution is 1.95. The minimum absolute atomic E-state index is 0.281. The molecule has 66 valence electrons. The van der Waals surface area contributed by atoms with E-state index in [0.717, 1.165) is 5.57 Å². The van der Waals surface area contributed by atoms with Crippen LogP contribution in [0.2, 0.25) is 0 Å². The van der Waals surface area contributed by atoms with E-state index in [4.69, 9.17) is 4.74 Å². The first kappa shape index (κ1) is 10.7. The van der Waals surface area contributed by atoms with Crippen LogP contribution in [0, 0.1) is 0 Å². The van der Waals surface area contributed by atoms with Crippen molar-refractivity contribution in [2.45, 2.75) is 13.8 Å². The Morgan fingerprint density at radius 2 is 2.08 bits per heavy atom. The van der Waals surface area contributed by atoms with Crippen molar-refractivity contribution in [3.05, 3.63) is 36.5 Å². The Balaban J connectivity index is 3.78. The number of esters is 1. The minimum atomic E-state index is -0.358. The second-order valence-electron chi connectivity index (χ2n) is 2.53. The van der Waals surface area contributed by atoms with E-state index in [-0.39, 0.29) is 12.6 Å². The second kappa shape index (κ2) is 5.35. The quantitative estimate of drug-likeness (QED) is 0.363. The number of allylic oxidation sites excluding steroid dienone is 2. The molecule has 12 heavy (non-hydrogen) atoms. The van der Waals surface area contributed by atoms with E-state index in [0.29, 0.717) is 5.57 Å². The molecule has 0 aliphatic carbocycles. The van der Waals surface area contributed by atoms with Crippen LogP contribution in [0.1, 0.15) is 13.8 Å². The zero-order valence-electron chi connectivity index (χ0n) is 7.59.